The topological polar surface area (TPSA) is 77.7 Å². The van der Waals surface area contributed by atoms with Crippen LogP contribution in [0.5, 0.6) is 11.5 Å². The predicted octanol–water partition coefficient (Wildman–Crippen LogP) is 3.91. The molecular formula is C22H22FN3O4. The molecule has 0 atom stereocenters. The fourth-order valence-corrected chi connectivity index (χ4v) is 3.60. The van der Waals surface area contributed by atoms with E-state index in [-0.39, 0.29) is 17.6 Å². The molecule has 0 radical (unpaired) electrons. The number of piperidine rings is 1. The van der Waals surface area contributed by atoms with Gasteiger partial charge in [-0.3, -0.25) is 4.79 Å². The third kappa shape index (κ3) is 3.98. The van der Waals surface area contributed by atoms with Gasteiger partial charge in [-0.2, -0.15) is 4.98 Å². The van der Waals surface area contributed by atoms with Gasteiger partial charge in [-0.1, -0.05) is 11.2 Å². The molecule has 7 nitrogen and oxygen atoms in total. The van der Waals surface area contributed by atoms with E-state index in [1.807, 2.05) is 24.3 Å². The summed E-state index contributed by atoms with van der Waals surface area (Å²) >= 11 is 0. The first-order chi connectivity index (χ1) is 14.6. The van der Waals surface area contributed by atoms with E-state index in [9.17, 15) is 9.18 Å². The Morgan fingerprint density at radius 1 is 1.13 bits per heavy atom. The summed E-state index contributed by atoms with van der Waals surface area (Å²) in [5, 5.41) is 4.14. The number of methoxy groups -OCH3 is 2. The molecule has 1 aliphatic rings. The molecule has 2 aromatic carbocycles. The molecule has 8 heteroatoms. The summed E-state index contributed by atoms with van der Waals surface area (Å²) in [5.41, 5.74) is 1.11. The van der Waals surface area contributed by atoms with Crippen LogP contribution < -0.4 is 9.47 Å². The molecule has 2 heterocycles. The Morgan fingerprint density at radius 3 is 2.63 bits per heavy atom. The number of benzene rings is 2. The first-order valence-electron chi connectivity index (χ1n) is 9.70. The molecule has 1 aromatic heterocycles. The van der Waals surface area contributed by atoms with Crippen LogP contribution in [0, 0.1) is 5.82 Å². The maximum absolute atomic E-state index is 13.9. The average molecular weight is 411 g/mol. The second-order valence-corrected chi connectivity index (χ2v) is 7.11. The van der Waals surface area contributed by atoms with Gasteiger partial charge < -0.3 is 18.9 Å². The van der Waals surface area contributed by atoms with Crippen molar-refractivity contribution in [3.63, 3.8) is 0 Å². The number of amides is 1. The third-order valence-corrected chi connectivity index (χ3v) is 5.30. The lowest BCUT2D eigenvalue weighted by atomic mass is 9.95. The summed E-state index contributed by atoms with van der Waals surface area (Å²) in [4.78, 5) is 19.0. The number of ether oxygens (including phenoxy) is 2. The molecule has 1 fully saturated rings. The maximum atomic E-state index is 13.9. The van der Waals surface area contributed by atoms with E-state index >= 15 is 0 Å². The Labute approximate surface area is 173 Å². The van der Waals surface area contributed by atoms with Gasteiger partial charge in [-0.25, -0.2) is 4.39 Å². The number of carbonyl (C=O) groups is 1. The molecule has 0 spiro atoms. The number of aromatic nitrogens is 2. The first kappa shape index (κ1) is 19.9. The summed E-state index contributed by atoms with van der Waals surface area (Å²) < 4.78 is 29.5. The van der Waals surface area contributed by atoms with Crippen LogP contribution in [0.3, 0.4) is 0 Å². The number of halogens is 1. The molecule has 1 amide bonds. The SMILES string of the molecule is COc1cccc(-c2nc(C3CCN(C(=O)c4ccc(OC)c(F)c4)CC3)no2)c1. The summed E-state index contributed by atoms with van der Waals surface area (Å²) in [6, 6.07) is 11.7. The van der Waals surface area contributed by atoms with E-state index < -0.39 is 5.82 Å². The Bertz CT molecular complexity index is 1040. The zero-order valence-corrected chi connectivity index (χ0v) is 16.8. The highest BCUT2D eigenvalue weighted by molar-refractivity contribution is 5.94. The second kappa shape index (κ2) is 8.52. The highest BCUT2D eigenvalue weighted by Crippen LogP contribution is 2.30. The largest absolute Gasteiger partial charge is 0.497 e. The summed E-state index contributed by atoms with van der Waals surface area (Å²) in [6.45, 7) is 1.08. The van der Waals surface area contributed by atoms with Gasteiger partial charge in [0.25, 0.3) is 11.8 Å². The second-order valence-electron chi connectivity index (χ2n) is 7.11. The van der Waals surface area contributed by atoms with Crippen LogP contribution in [0.1, 0.15) is 34.9 Å². The number of hydrogen-bond donors (Lipinski definition) is 0. The van der Waals surface area contributed by atoms with Gasteiger partial charge in [0.15, 0.2) is 17.4 Å². The molecule has 4 rings (SSSR count). The molecule has 156 valence electrons. The monoisotopic (exact) mass is 411 g/mol. The first-order valence-corrected chi connectivity index (χ1v) is 9.70. The number of nitrogens with zero attached hydrogens (tertiary/aromatic N) is 3. The van der Waals surface area contributed by atoms with Gasteiger partial charge in [0, 0.05) is 30.1 Å². The molecule has 3 aromatic rings. The van der Waals surface area contributed by atoms with E-state index in [2.05, 4.69) is 10.1 Å². The van der Waals surface area contributed by atoms with Gasteiger partial charge in [-0.15, -0.1) is 0 Å². The Kier molecular flexibility index (Phi) is 5.65. The third-order valence-electron chi connectivity index (χ3n) is 5.30. The van der Waals surface area contributed by atoms with Crippen molar-refractivity contribution in [3.05, 3.63) is 59.7 Å². The minimum atomic E-state index is -0.546. The summed E-state index contributed by atoms with van der Waals surface area (Å²) in [5.74, 6) is 1.27. The minimum Gasteiger partial charge on any atom is -0.497 e. The van der Waals surface area contributed by atoms with Gasteiger partial charge in [0.2, 0.25) is 0 Å². The Hall–Kier alpha value is -3.42. The average Bonchev–Trinajstić information content (AvgIpc) is 3.29. The van der Waals surface area contributed by atoms with Crippen LogP contribution in [-0.2, 0) is 0 Å². The van der Waals surface area contributed by atoms with Crippen molar-refractivity contribution in [2.75, 3.05) is 27.3 Å². The van der Waals surface area contributed by atoms with Crippen molar-refractivity contribution in [2.24, 2.45) is 0 Å². The molecule has 30 heavy (non-hydrogen) atoms. The van der Waals surface area contributed by atoms with Crippen LogP contribution in [0.15, 0.2) is 47.0 Å². The van der Waals surface area contributed by atoms with Crippen molar-refractivity contribution in [1.29, 1.82) is 0 Å². The van der Waals surface area contributed by atoms with Gasteiger partial charge in [0.1, 0.15) is 5.75 Å². The molecule has 0 N–H and O–H groups in total. The highest BCUT2D eigenvalue weighted by Gasteiger charge is 2.28. The lowest BCUT2D eigenvalue weighted by Crippen LogP contribution is -2.38. The standard InChI is InChI=1S/C22H22FN3O4/c1-28-17-5-3-4-15(12-17)21-24-20(25-30-21)14-8-10-26(11-9-14)22(27)16-6-7-19(29-2)18(23)13-16/h3-7,12-14H,8-11H2,1-2H3. The zero-order valence-electron chi connectivity index (χ0n) is 16.8. The smallest absolute Gasteiger partial charge is 0.258 e. The maximum Gasteiger partial charge on any atom is 0.258 e. The van der Waals surface area contributed by atoms with Crippen LogP contribution in [-0.4, -0.2) is 48.3 Å². The quantitative estimate of drug-likeness (QED) is 0.633. The Morgan fingerprint density at radius 2 is 1.93 bits per heavy atom. The van der Waals surface area contributed by atoms with Crippen molar-refractivity contribution < 1.29 is 23.2 Å². The lowest BCUT2D eigenvalue weighted by molar-refractivity contribution is 0.0710. The van der Waals surface area contributed by atoms with E-state index in [4.69, 9.17) is 14.0 Å². The van der Waals surface area contributed by atoms with Gasteiger partial charge in [-0.05, 0) is 49.2 Å². The number of likely N-dealkylation sites (tertiary alicyclic amines) is 1. The van der Waals surface area contributed by atoms with Gasteiger partial charge in [0.05, 0.1) is 14.2 Å². The van der Waals surface area contributed by atoms with Crippen LogP contribution in [0.25, 0.3) is 11.5 Å². The normalized spacial score (nSPS) is 14.6. The zero-order chi connectivity index (χ0) is 21.1. The summed E-state index contributed by atoms with van der Waals surface area (Å²) in [7, 11) is 3.00. The minimum absolute atomic E-state index is 0.102. The highest BCUT2D eigenvalue weighted by atomic mass is 19.1. The molecule has 0 unspecified atom stereocenters. The Balaban J connectivity index is 1.40. The van der Waals surface area contributed by atoms with Crippen molar-refractivity contribution in [3.8, 4) is 23.0 Å². The fraction of sp³-hybridized carbons (Fsp3) is 0.318. The van der Waals surface area contributed by atoms with Crippen molar-refractivity contribution in [1.82, 2.24) is 15.0 Å². The molecule has 0 aliphatic carbocycles. The molecular weight excluding hydrogens is 389 g/mol. The van der Waals surface area contributed by atoms with E-state index in [1.54, 1.807) is 18.1 Å². The van der Waals surface area contributed by atoms with E-state index in [1.165, 1.54) is 19.2 Å². The lowest BCUT2D eigenvalue weighted by Gasteiger charge is -2.30. The van der Waals surface area contributed by atoms with Crippen LogP contribution in [0.2, 0.25) is 0 Å². The molecule has 0 saturated carbocycles. The molecule has 1 aliphatic heterocycles. The van der Waals surface area contributed by atoms with Crippen molar-refractivity contribution in [2.45, 2.75) is 18.8 Å². The predicted molar refractivity (Wildman–Crippen MR) is 107 cm³/mol. The van der Waals surface area contributed by atoms with Crippen LogP contribution in [0.4, 0.5) is 4.39 Å². The number of rotatable bonds is 5. The number of carbonyl (C=O) groups excluding carboxylic acids is 1. The molecule has 1 saturated heterocycles. The summed E-state index contributed by atoms with van der Waals surface area (Å²) in [6.07, 6.45) is 1.42. The van der Waals surface area contributed by atoms with Crippen LogP contribution >= 0.6 is 0 Å². The molecule has 0 bridgehead atoms. The van der Waals surface area contributed by atoms with E-state index in [0.717, 1.165) is 5.56 Å². The number of hydrogen-bond acceptors (Lipinski definition) is 6. The fourth-order valence-electron chi connectivity index (χ4n) is 3.60. The van der Waals surface area contributed by atoms with E-state index in [0.29, 0.717) is 49.0 Å². The van der Waals surface area contributed by atoms with Gasteiger partial charge >= 0.3 is 0 Å². The van der Waals surface area contributed by atoms with Crippen molar-refractivity contribution >= 4 is 5.91 Å².